The number of carbonyl (C=O) groups excluding carboxylic acids is 1. The summed E-state index contributed by atoms with van der Waals surface area (Å²) in [5, 5.41) is 13.4. The molecule has 3 unspecified atom stereocenters. The number of likely N-dealkylation sites (tertiary alicyclic amines) is 1. The molecule has 1 heterocycles. The van der Waals surface area contributed by atoms with Gasteiger partial charge in [-0.25, -0.2) is 4.79 Å². The fourth-order valence-electron chi connectivity index (χ4n) is 2.52. The lowest BCUT2D eigenvalue weighted by atomic mass is 9.88. The van der Waals surface area contributed by atoms with Gasteiger partial charge < -0.3 is 20.1 Å². The van der Waals surface area contributed by atoms with E-state index in [1.807, 2.05) is 6.92 Å². The maximum Gasteiger partial charge on any atom is 0.409 e. The summed E-state index contributed by atoms with van der Waals surface area (Å²) < 4.78 is 4.78. The Morgan fingerprint density at radius 3 is 2.78 bits per heavy atom. The van der Waals surface area contributed by atoms with E-state index in [1.54, 1.807) is 4.90 Å². The average Bonchev–Trinajstić information content (AvgIpc) is 2.42. The van der Waals surface area contributed by atoms with Crippen molar-refractivity contribution in [3.8, 4) is 0 Å². The second-order valence-electron chi connectivity index (χ2n) is 5.00. The van der Waals surface area contributed by atoms with Crippen LogP contribution in [0.4, 0.5) is 4.79 Å². The molecule has 0 aromatic heterocycles. The Hall–Kier alpha value is -0.810. The first-order chi connectivity index (χ1) is 8.62. The number of ether oxygens (including phenoxy) is 1. The topological polar surface area (TPSA) is 61.8 Å². The quantitative estimate of drug-likeness (QED) is 0.778. The van der Waals surface area contributed by atoms with Gasteiger partial charge in [0.25, 0.3) is 0 Å². The normalized spacial score (nSPS) is 25.9. The molecule has 1 amide bonds. The van der Waals surface area contributed by atoms with Gasteiger partial charge in [0.2, 0.25) is 0 Å². The summed E-state index contributed by atoms with van der Waals surface area (Å²) in [7, 11) is 1.40. The summed E-state index contributed by atoms with van der Waals surface area (Å²) in [6.07, 6.45) is 2.06. The third-order valence-electron chi connectivity index (χ3n) is 3.56. The van der Waals surface area contributed by atoms with Gasteiger partial charge in [-0.1, -0.05) is 13.8 Å². The zero-order valence-electron chi connectivity index (χ0n) is 11.7. The van der Waals surface area contributed by atoms with Crippen LogP contribution in [-0.2, 0) is 4.74 Å². The van der Waals surface area contributed by atoms with Gasteiger partial charge in [0, 0.05) is 25.0 Å². The molecule has 5 nitrogen and oxygen atoms in total. The number of hydrogen-bond donors (Lipinski definition) is 2. The Kier molecular flexibility index (Phi) is 6.43. The van der Waals surface area contributed by atoms with Crippen molar-refractivity contribution in [2.45, 2.75) is 45.3 Å². The first-order valence-corrected chi connectivity index (χ1v) is 6.86. The molecule has 1 fully saturated rings. The highest BCUT2D eigenvalue weighted by Gasteiger charge is 2.33. The van der Waals surface area contributed by atoms with Crippen LogP contribution < -0.4 is 5.32 Å². The lowest BCUT2D eigenvalue weighted by molar-refractivity contribution is 0.0328. The Balaban J connectivity index is 2.62. The summed E-state index contributed by atoms with van der Waals surface area (Å²) in [4.78, 5) is 13.3. The van der Waals surface area contributed by atoms with Crippen molar-refractivity contribution in [3.05, 3.63) is 0 Å². The van der Waals surface area contributed by atoms with Gasteiger partial charge >= 0.3 is 6.09 Å². The van der Waals surface area contributed by atoms with E-state index in [-0.39, 0.29) is 24.2 Å². The van der Waals surface area contributed by atoms with Crippen LogP contribution in [0.25, 0.3) is 0 Å². The maximum absolute atomic E-state index is 11.6. The minimum Gasteiger partial charge on any atom is -0.453 e. The maximum atomic E-state index is 11.6. The van der Waals surface area contributed by atoms with E-state index in [2.05, 4.69) is 12.2 Å². The van der Waals surface area contributed by atoms with Crippen LogP contribution in [0.15, 0.2) is 0 Å². The molecule has 2 N–H and O–H groups in total. The summed E-state index contributed by atoms with van der Waals surface area (Å²) in [6.45, 7) is 6.28. The molecule has 1 aliphatic rings. The van der Waals surface area contributed by atoms with Crippen LogP contribution in [-0.4, -0.2) is 55.0 Å². The van der Waals surface area contributed by atoms with Crippen molar-refractivity contribution in [2.75, 3.05) is 26.7 Å². The molecule has 106 valence electrons. The van der Waals surface area contributed by atoms with Gasteiger partial charge in [-0.15, -0.1) is 0 Å². The van der Waals surface area contributed by atoms with E-state index >= 15 is 0 Å². The number of aliphatic hydroxyl groups excluding tert-OH is 1. The van der Waals surface area contributed by atoms with Crippen LogP contribution >= 0.6 is 0 Å². The van der Waals surface area contributed by atoms with E-state index in [4.69, 9.17) is 4.74 Å². The summed E-state index contributed by atoms with van der Waals surface area (Å²) in [5.41, 5.74) is 0. The molecule has 0 bridgehead atoms. The summed E-state index contributed by atoms with van der Waals surface area (Å²) in [5.74, 6) is 0.136. The van der Waals surface area contributed by atoms with Crippen molar-refractivity contribution in [3.63, 3.8) is 0 Å². The van der Waals surface area contributed by atoms with Crippen LogP contribution in [0.2, 0.25) is 0 Å². The zero-order valence-corrected chi connectivity index (χ0v) is 11.7. The number of piperidine rings is 1. The average molecular weight is 258 g/mol. The molecule has 1 saturated heterocycles. The molecular weight excluding hydrogens is 232 g/mol. The second-order valence-corrected chi connectivity index (χ2v) is 5.00. The van der Waals surface area contributed by atoms with Crippen molar-refractivity contribution >= 4 is 6.09 Å². The number of nitrogens with one attached hydrogen (secondary N) is 1. The standard InChI is InChI=1S/C13H26N2O3/c1-4-6-14-11-7-10(12(16)5-2)8-15(9-11)13(17)18-3/h10-12,14,16H,4-9H2,1-3H3. The highest BCUT2D eigenvalue weighted by Crippen LogP contribution is 2.22. The highest BCUT2D eigenvalue weighted by molar-refractivity contribution is 5.67. The third kappa shape index (κ3) is 4.14. The molecular formula is C13H26N2O3. The molecule has 0 aromatic carbocycles. The van der Waals surface area contributed by atoms with Crippen molar-refractivity contribution in [2.24, 2.45) is 5.92 Å². The van der Waals surface area contributed by atoms with Crippen LogP contribution in [0, 0.1) is 5.92 Å². The predicted octanol–water partition coefficient (Wildman–Crippen LogP) is 1.21. The minimum atomic E-state index is -0.344. The molecule has 0 spiro atoms. The molecule has 5 heteroatoms. The minimum absolute atomic E-state index is 0.136. The number of aliphatic hydroxyl groups is 1. The van der Waals surface area contributed by atoms with Crippen LogP contribution in [0.1, 0.15) is 33.1 Å². The van der Waals surface area contributed by atoms with E-state index < -0.39 is 0 Å². The van der Waals surface area contributed by atoms with Crippen LogP contribution in [0.5, 0.6) is 0 Å². The third-order valence-corrected chi connectivity index (χ3v) is 3.56. The van der Waals surface area contributed by atoms with E-state index in [0.717, 1.165) is 25.8 Å². The first kappa shape index (κ1) is 15.2. The Bertz CT molecular complexity index is 261. The monoisotopic (exact) mass is 258 g/mol. The van der Waals surface area contributed by atoms with E-state index in [0.29, 0.717) is 13.1 Å². The predicted molar refractivity (Wildman–Crippen MR) is 70.5 cm³/mol. The van der Waals surface area contributed by atoms with E-state index in [9.17, 15) is 9.90 Å². The van der Waals surface area contributed by atoms with Gasteiger partial charge in [0.1, 0.15) is 0 Å². The second kappa shape index (κ2) is 7.59. The molecule has 1 aliphatic heterocycles. The summed E-state index contributed by atoms with van der Waals surface area (Å²) >= 11 is 0. The van der Waals surface area contributed by atoms with Crippen molar-refractivity contribution < 1.29 is 14.6 Å². The lowest BCUT2D eigenvalue weighted by Crippen LogP contribution is -2.53. The number of amides is 1. The Labute approximate surface area is 109 Å². The van der Waals surface area contributed by atoms with Gasteiger partial charge in [0.15, 0.2) is 0 Å². The van der Waals surface area contributed by atoms with Crippen molar-refractivity contribution in [1.29, 1.82) is 0 Å². The highest BCUT2D eigenvalue weighted by atomic mass is 16.5. The fourth-order valence-corrected chi connectivity index (χ4v) is 2.52. The smallest absolute Gasteiger partial charge is 0.409 e. The van der Waals surface area contributed by atoms with Gasteiger partial charge in [-0.3, -0.25) is 0 Å². The van der Waals surface area contributed by atoms with Gasteiger partial charge in [0.05, 0.1) is 13.2 Å². The molecule has 0 saturated carbocycles. The molecule has 18 heavy (non-hydrogen) atoms. The summed E-state index contributed by atoms with van der Waals surface area (Å²) in [6, 6.07) is 0.254. The lowest BCUT2D eigenvalue weighted by Gasteiger charge is -2.39. The largest absolute Gasteiger partial charge is 0.453 e. The first-order valence-electron chi connectivity index (χ1n) is 6.86. The molecule has 1 rings (SSSR count). The number of nitrogens with zero attached hydrogens (tertiary/aromatic N) is 1. The Morgan fingerprint density at radius 1 is 1.50 bits per heavy atom. The molecule has 0 aromatic rings. The fraction of sp³-hybridized carbons (Fsp3) is 0.923. The van der Waals surface area contributed by atoms with Crippen molar-refractivity contribution in [1.82, 2.24) is 10.2 Å². The van der Waals surface area contributed by atoms with E-state index in [1.165, 1.54) is 7.11 Å². The van der Waals surface area contributed by atoms with Crippen LogP contribution in [0.3, 0.4) is 0 Å². The number of carbonyl (C=O) groups is 1. The molecule has 0 aliphatic carbocycles. The SMILES string of the molecule is CCCNC1CC(C(O)CC)CN(C(=O)OC)C1. The number of rotatable bonds is 5. The zero-order chi connectivity index (χ0) is 13.5. The molecule has 3 atom stereocenters. The number of hydrogen-bond acceptors (Lipinski definition) is 4. The Morgan fingerprint density at radius 2 is 2.22 bits per heavy atom. The number of methoxy groups -OCH3 is 1. The van der Waals surface area contributed by atoms with Gasteiger partial charge in [-0.05, 0) is 25.8 Å². The molecule has 0 radical (unpaired) electrons. The van der Waals surface area contributed by atoms with Gasteiger partial charge in [-0.2, -0.15) is 0 Å².